The van der Waals surface area contributed by atoms with E-state index in [1.807, 2.05) is 29.6 Å². The maximum absolute atomic E-state index is 11.4. The Balaban J connectivity index is 2.39. The molecule has 1 rings (SSSR count). The smallest absolute Gasteiger partial charge is 0.331 e. The largest absolute Gasteiger partial charge is 0.452 e. The average Bonchev–Trinajstić information content (AvgIpc) is 2.44. The minimum absolute atomic E-state index is 0.396. The lowest BCUT2D eigenvalue weighted by Gasteiger charge is -2.04. The maximum atomic E-state index is 11.4. The molecule has 21 heavy (non-hydrogen) atoms. The molecule has 0 aromatic heterocycles. The highest BCUT2D eigenvalue weighted by atomic mass is 79.9. The number of rotatable bonds is 5. The summed E-state index contributed by atoms with van der Waals surface area (Å²) in [5.41, 5.74) is 0.807. The van der Waals surface area contributed by atoms with Gasteiger partial charge in [0, 0.05) is 17.1 Å². The van der Waals surface area contributed by atoms with Gasteiger partial charge in [0.1, 0.15) is 0 Å². The third-order valence-electron chi connectivity index (χ3n) is 2.24. The highest BCUT2D eigenvalue weighted by Gasteiger charge is 2.08. The molecular formula is C14H15BrN2O4. The highest BCUT2D eigenvalue weighted by Crippen LogP contribution is 2.16. The van der Waals surface area contributed by atoms with Gasteiger partial charge in [0.2, 0.25) is 0 Å². The van der Waals surface area contributed by atoms with Crippen LogP contribution in [0, 0.1) is 0 Å². The minimum Gasteiger partial charge on any atom is -0.452 e. The third-order valence-corrected chi connectivity index (χ3v) is 2.96. The Morgan fingerprint density at radius 2 is 2.00 bits per heavy atom. The molecule has 0 aliphatic carbocycles. The van der Waals surface area contributed by atoms with E-state index in [2.05, 4.69) is 21.2 Å². The topological polar surface area (TPSA) is 84.5 Å². The van der Waals surface area contributed by atoms with Crippen LogP contribution in [0.2, 0.25) is 0 Å². The summed E-state index contributed by atoms with van der Waals surface area (Å²) < 4.78 is 5.55. The van der Waals surface area contributed by atoms with Crippen LogP contribution in [0.4, 0.5) is 4.79 Å². The molecule has 0 radical (unpaired) electrons. The van der Waals surface area contributed by atoms with Gasteiger partial charge in [-0.3, -0.25) is 10.1 Å². The molecule has 2 N–H and O–H groups in total. The second-order valence-corrected chi connectivity index (χ2v) is 4.72. The van der Waals surface area contributed by atoms with Crippen molar-refractivity contribution in [1.29, 1.82) is 0 Å². The summed E-state index contributed by atoms with van der Waals surface area (Å²) >= 11 is 3.34. The number of ether oxygens (including phenoxy) is 1. The monoisotopic (exact) mass is 354 g/mol. The summed E-state index contributed by atoms with van der Waals surface area (Å²) in [4.78, 5) is 33.8. The zero-order valence-corrected chi connectivity index (χ0v) is 13.0. The number of halogens is 1. The molecule has 0 saturated heterocycles. The summed E-state index contributed by atoms with van der Waals surface area (Å²) in [6.45, 7) is 1.60. The fraction of sp³-hybridized carbons (Fsp3) is 0.214. The van der Waals surface area contributed by atoms with Gasteiger partial charge in [-0.1, -0.05) is 34.1 Å². The van der Waals surface area contributed by atoms with E-state index in [1.54, 1.807) is 13.0 Å². The van der Waals surface area contributed by atoms with Crippen LogP contribution in [0.15, 0.2) is 34.8 Å². The van der Waals surface area contributed by atoms with E-state index < -0.39 is 24.5 Å². The van der Waals surface area contributed by atoms with Gasteiger partial charge in [-0.15, -0.1) is 0 Å². The van der Waals surface area contributed by atoms with Crippen molar-refractivity contribution in [3.63, 3.8) is 0 Å². The van der Waals surface area contributed by atoms with Crippen LogP contribution >= 0.6 is 15.9 Å². The molecule has 0 aliphatic heterocycles. The number of hydrogen-bond donors (Lipinski definition) is 2. The van der Waals surface area contributed by atoms with Gasteiger partial charge in [0.05, 0.1) is 0 Å². The molecule has 7 heteroatoms. The summed E-state index contributed by atoms with van der Waals surface area (Å²) in [6.07, 6.45) is 2.77. The van der Waals surface area contributed by atoms with E-state index >= 15 is 0 Å². The van der Waals surface area contributed by atoms with E-state index in [4.69, 9.17) is 4.74 Å². The quantitative estimate of drug-likeness (QED) is 0.624. The van der Waals surface area contributed by atoms with Gasteiger partial charge < -0.3 is 10.1 Å². The molecule has 0 fully saturated rings. The number of urea groups is 1. The lowest BCUT2D eigenvalue weighted by molar-refractivity contribution is -0.143. The lowest BCUT2D eigenvalue weighted by atomic mass is 10.2. The minimum atomic E-state index is -0.691. The van der Waals surface area contributed by atoms with Crippen LogP contribution in [-0.4, -0.2) is 31.1 Å². The predicted octanol–water partition coefficient (Wildman–Crippen LogP) is 1.85. The molecule has 1 aromatic carbocycles. The van der Waals surface area contributed by atoms with Gasteiger partial charge in [0.15, 0.2) is 6.61 Å². The van der Waals surface area contributed by atoms with Crippen LogP contribution in [0.5, 0.6) is 0 Å². The molecule has 0 spiro atoms. The number of hydrogen-bond acceptors (Lipinski definition) is 4. The molecule has 0 aliphatic rings. The standard InChI is InChI=1S/C14H15BrN2O4/c1-2-16-14(20)17-12(18)9-21-13(19)8-7-10-5-3-4-6-11(10)15/h3-8H,2,9H2,1H3,(H2,16,17,18,20)/b8-7+. The Morgan fingerprint density at radius 3 is 2.67 bits per heavy atom. The maximum Gasteiger partial charge on any atom is 0.331 e. The summed E-state index contributed by atoms with van der Waals surface area (Å²) in [5, 5.41) is 4.41. The molecule has 0 heterocycles. The molecule has 0 bridgehead atoms. The summed E-state index contributed by atoms with van der Waals surface area (Å²) in [7, 11) is 0. The van der Waals surface area contributed by atoms with Crippen LogP contribution in [0.3, 0.4) is 0 Å². The van der Waals surface area contributed by atoms with Crippen LogP contribution in [0.25, 0.3) is 6.08 Å². The molecule has 6 nitrogen and oxygen atoms in total. The molecule has 3 amide bonds. The fourth-order valence-corrected chi connectivity index (χ4v) is 1.74. The van der Waals surface area contributed by atoms with Crippen molar-refractivity contribution in [1.82, 2.24) is 10.6 Å². The highest BCUT2D eigenvalue weighted by molar-refractivity contribution is 9.10. The molecule has 0 atom stereocenters. The number of carbonyl (C=O) groups is 3. The average molecular weight is 355 g/mol. The lowest BCUT2D eigenvalue weighted by Crippen LogP contribution is -2.41. The number of benzene rings is 1. The van der Waals surface area contributed by atoms with Crippen molar-refractivity contribution in [2.75, 3.05) is 13.2 Å². The third kappa shape index (κ3) is 6.71. The zero-order valence-electron chi connectivity index (χ0n) is 11.4. The number of nitrogens with one attached hydrogen (secondary N) is 2. The Labute approximate surface area is 130 Å². The summed E-state index contributed by atoms with van der Waals surface area (Å²) in [6, 6.07) is 6.71. The molecule has 0 unspecified atom stereocenters. The van der Waals surface area contributed by atoms with E-state index in [-0.39, 0.29) is 0 Å². The second kappa shape index (κ2) is 8.91. The molecular weight excluding hydrogens is 340 g/mol. The second-order valence-electron chi connectivity index (χ2n) is 3.87. The van der Waals surface area contributed by atoms with Gasteiger partial charge in [-0.25, -0.2) is 9.59 Å². The van der Waals surface area contributed by atoms with Crippen LogP contribution < -0.4 is 10.6 Å². The van der Waals surface area contributed by atoms with Gasteiger partial charge in [0.25, 0.3) is 5.91 Å². The summed E-state index contributed by atoms with van der Waals surface area (Å²) in [5.74, 6) is -1.36. The molecule has 1 aromatic rings. The zero-order chi connectivity index (χ0) is 15.7. The van der Waals surface area contributed by atoms with E-state index in [9.17, 15) is 14.4 Å². The molecule has 0 saturated carbocycles. The molecule has 112 valence electrons. The first-order chi connectivity index (χ1) is 10.0. The normalized spacial score (nSPS) is 10.2. The number of carbonyl (C=O) groups excluding carboxylic acids is 3. The van der Waals surface area contributed by atoms with Gasteiger partial charge >= 0.3 is 12.0 Å². The first kappa shape index (κ1) is 16.9. The van der Waals surface area contributed by atoms with E-state index in [0.29, 0.717) is 6.54 Å². The first-order valence-corrected chi connectivity index (χ1v) is 6.99. The fourth-order valence-electron chi connectivity index (χ4n) is 1.32. The van der Waals surface area contributed by atoms with Gasteiger partial charge in [-0.2, -0.15) is 0 Å². The van der Waals surface area contributed by atoms with Crippen molar-refractivity contribution in [3.8, 4) is 0 Å². The predicted molar refractivity (Wildman–Crippen MR) is 81.4 cm³/mol. The number of esters is 1. The van der Waals surface area contributed by atoms with E-state index in [0.717, 1.165) is 10.0 Å². The van der Waals surface area contributed by atoms with Crippen LogP contribution in [0.1, 0.15) is 12.5 Å². The first-order valence-electron chi connectivity index (χ1n) is 6.20. The van der Waals surface area contributed by atoms with Crippen molar-refractivity contribution in [3.05, 3.63) is 40.4 Å². The van der Waals surface area contributed by atoms with E-state index in [1.165, 1.54) is 6.08 Å². The Morgan fingerprint density at radius 1 is 1.29 bits per heavy atom. The van der Waals surface area contributed by atoms with Gasteiger partial charge in [-0.05, 0) is 24.6 Å². The van der Waals surface area contributed by atoms with Crippen LogP contribution in [-0.2, 0) is 14.3 Å². The Hall–Kier alpha value is -2.15. The van der Waals surface area contributed by atoms with Crippen molar-refractivity contribution in [2.24, 2.45) is 0 Å². The number of amides is 3. The number of imide groups is 1. The van der Waals surface area contributed by atoms with Crippen molar-refractivity contribution >= 4 is 39.9 Å². The Kier molecular flexibility index (Phi) is 7.17. The SMILES string of the molecule is CCNC(=O)NC(=O)COC(=O)/C=C/c1ccccc1Br. The Bertz CT molecular complexity index is 558. The van der Waals surface area contributed by atoms with Crippen molar-refractivity contribution in [2.45, 2.75) is 6.92 Å². The van der Waals surface area contributed by atoms with Crippen molar-refractivity contribution < 1.29 is 19.1 Å².